The number of benzene rings is 10. The number of hydrogen-bond acceptors (Lipinski definition) is 4. The highest BCUT2D eigenvalue weighted by molar-refractivity contribution is 6.29. The van der Waals surface area contributed by atoms with Crippen LogP contribution in [0.1, 0.15) is 50.7 Å². The number of rotatable bonds is 8. The van der Waals surface area contributed by atoms with E-state index in [1.54, 1.807) is 0 Å². The number of anilines is 6. The minimum Gasteiger partial charge on any atom is -0.454 e. The molecule has 0 fully saturated rings. The first-order valence-electron chi connectivity index (χ1n) is 21.7. The lowest BCUT2D eigenvalue weighted by Crippen LogP contribution is -2.14. The molecule has 10 aromatic carbocycles. The monoisotopic (exact) mass is 800 g/mol. The molecule has 0 atom stereocenters. The van der Waals surface area contributed by atoms with Gasteiger partial charge < -0.3 is 18.6 Å². The fraction of sp³-hybridized carbons (Fsp3) is 0.103. The van der Waals surface area contributed by atoms with Crippen LogP contribution in [0.3, 0.4) is 0 Å². The van der Waals surface area contributed by atoms with Crippen molar-refractivity contribution in [3.63, 3.8) is 0 Å². The van der Waals surface area contributed by atoms with E-state index >= 15 is 0 Å². The minimum absolute atomic E-state index is 0.243. The molecule has 0 N–H and O–H groups in total. The Kier molecular flexibility index (Phi) is 8.20. The lowest BCUT2D eigenvalue weighted by molar-refractivity contribution is 0.667. The van der Waals surface area contributed by atoms with Gasteiger partial charge in [-0.3, -0.25) is 0 Å². The van der Waals surface area contributed by atoms with Crippen LogP contribution in [0.5, 0.6) is 0 Å². The van der Waals surface area contributed by atoms with E-state index < -0.39 is 0 Å². The summed E-state index contributed by atoms with van der Waals surface area (Å²) in [6.45, 7) is 9.10. The van der Waals surface area contributed by atoms with Gasteiger partial charge in [-0.25, -0.2) is 0 Å². The van der Waals surface area contributed by atoms with Crippen LogP contribution in [0, 0.1) is 0 Å². The fourth-order valence-corrected chi connectivity index (χ4v) is 10.1. The molecule has 0 aliphatic carbocycles. The molecular weight excluding hydrogens is 757 g/mol. The average molecular weight is 801 g/mol. The van der Waals surface area contributed by atoms with E-state index in [2.05, 4.69) is 219 Å². The molecule has 12 aromatic rings. The summed E-state index contributed by atoms with van der Waals surface area (Å²) >= 11 is 0. The summed E-state index contributed by atoms with van der Waals surface area (Å²) in [6.07, 6.45) is 0. The van der Waals surface area contributed by atoms with Crippen molar-refractivity contribution in [2.75, 3.05) is 9.80 Å². The Morgan fingerprint density at radius 1 is 0.339 bits per heavy atom. The molecule has 4 nitrogen and oxygen atoms in total. The number of hydrogen-bond donors (Lipinski definition) is 0. The van der Waals surface area contributed by atoms with Crippen molar-refractivity contribution in [3.8, 4) is 0 Å². The Morgan fingerprint density at radius 2 is 0.710 bits per heavy atom. The molecule has 0 saturated heterocycles. The highest BCUT2D eigenvalue weighted by Gasteiger charge is 2.29. The zero-order valence-corrected chi connectivity index (χ0v) is 35.2. The second-order valence-electron chi connectivity index (χ2n) is 17.2. The fourth-order valence-electron chi connectivity index (χ4n) is 10.1. The maximum atomic E-state index is 6.87. The predicted molar refractivity (Wildman–Crippen MR) is 262 cm³/mol. The molecule has 298 valence electrons. The summed E-state index contributed by atoms with van der Waals surface area (Å²) in [4.78, 5) is 4.89. The van der Waals surface area contributed by atoms with E-state index in [1.165, 1.54) is 43.4 Å². The summed E-state index contributed by atoms with van der Waals surface area (Å²) in [5, 5.41) is 11.7. The number of fused-ring (bicyclic) bond motifs is 6. The zero-order valence-electron chi connectivity index (χ0n) is 35.2. The van der Waals surface area contributed by atoms with Gasteiger partial charge >= 0.3 is 0 Å². The van der Waals surface area contributed by atoms with Gasteiger partial charge in [0.25, 0.3) is 0 Å². The Morgan fingerprint density at radius 3 is 1.13 bits per heavy atom. The quantitative estimate of drug-likeness (QED) is 0.143. The first kappa shape index (κ1) is 36.3. The molecule has 2 aromatic heterocycles. The van der Waals surface area contributed by atoms with Gasteiger partial charge in [-0.1, -0.05) is 161 Å². The number of furan rings is 2. The summed E-state index contributed by atoms with van der Waals surface area (Å²) in [5.41, 5.74) is 12.5. The summed E-state index contributed by atoms with van der Waals surface area (Å²) in [6, 6.07) is 65.9. The van der Waals surface area contributed by atoms with Gasteiger partial charge in [0.15, 0.2) is 11.2 Å². The minimum atomic E-state index is 0.243. The first-order valence-corrected chi connectivity index (χ1v) is 21.7. The van der Waals surface area contributed by atoms with Gasteiger partial charge in [-0.15, -0.1) is 0 Å². The SMILES string of the molecule is CC(C)c1ccc2c(oc3ccccc32)c1N(c1ccccc1)c1ccc2ccc3c(N(c4ccccc4)c4c(C(C)C)ccc5c4oc4ccccc45)ccc4ccc1c2c43. The van der Waals surface area contributed by atoms with E-state index in [0.29, 0.717) is 0 Å². The summed E-state index contributed by atoms with van der Waals surface area (Å²) in [5.74, 6) is 0.485. The van der Waals surface area contributed by atoms with E-state index in [9.17, 15) is 0 Å². The molecule has 0 spiro atoms. The standard InChI is InChI=1S/C58H44N2O2/c1-35(2)41-29-31-45-43-19-11-13-21-51(43)61-57(45)55(41)59(39-15-7-5-8-16-39)49-33-25-37-24-28-48-50(34-26-38-23-27-47(49)53(37)54(38)48)60(40-17-9-6-10-18-40)56-42(36(3)4)30-32-46-44-20-12-14-22-52(44)62-58(46)56/h5-36H,1-4H3. The topological polar surface area (TPSA) is 32.8 Å². The van der Waals surface area contributed by atoms with Crippen LogP contribution in [-0.4, -0.2) is 0 Å². The maximum Gasteiger partial charge on any atom is 0.159 e. The Hall–Kier alpha value is -7.56. The molecule has 2 heterocycles. The van der Waals surface area contributed by atoms with Crippen LogP contribution in [0.2, 0.25) is 0 Å². The van der Waals surface area contributed by atoms with Crippen LogP contribution < -0.4 is 9.80 Å². The summed E-state index contributed by atoms with van der Waals surface area (Å²) in [7, 11) is 0. The van der Waals surface area contributed by atoms with E-state index in [-0.39, 0.29) is 11.8 Å². The summed E-state index contributed by atoms with van der Waals surface area (Å²) < 4.78 is 13.7. The van der Waals surface area contributed by atoms with Crippen molar-refractivity contribution in [2.24, 2.45) is 0 Å². The predicted octanol–water partition coefficient (Wildman–Crippen LogP) is 17.6. The maximum absolute atomic E-state index is 6.87. The molecule has 0 amide bonds. The van der Waals surface area contributed by atoms with Crippen molar-refractivity contribution in [2.45, 2.75) is 39.5 Å². The highest BCUT2D eigenvalue weighted by atomic mass is 16.3. The molecule has 4 heteroatoms. The molecule has 0 radical (unpaired) electrons. The molecular formula is C58H44N2O2. The van der Waals surface area contributed by atoms with Crippen LogP contribution in [0.25, 0.3) is 76.2 Å². The molecule has 0 unspecified atom stereocenters. The van der Waals surface area contributed by atoms with Crippen molar-refractivity contribution >= 4 is 110 Å². The third-order valence-electron chi connectivity index (χ3n) is 12.9. The van der Waals surface area contributed by atoms with Crippen LogP contribution >= 0.6 is 0 Å². The molecule has 0 aliphatic heterocycles. The van der Waals surface area contributed by atoms with Gasteiger partial charge in [0.2, 0.25) is 0 Å². The van der Waals surface area contributed by atoms with Gasteiger partial charge in [0, 0.05) is 43.7 Å². The third-order valence-corrected chi connectivity index (χ3v) is 12.9. The Bertz CT molecular complexity index is 3410. The van der Waals surface area contributed by atoms with Crippen LogP contribution in [0.4, 0.5) is 34.1 Å². The third kappa shape index (κ3) is 5.39. The van der Waals surface area contributed by atoms with E-state index in [0.717, 1.165) is 78.0 Å². The lowest BCUT2D eigenvalue weighted by atomic mass is 9.90. The van der Waals surface area contributed by atoms with Crippen molar-refractivity contribution in [1.29, 1.82) is 0 Å². The molecule has 0 bridgehead atoms. The van der Waals surface area contributed by atoms with Crippen molar-refractivity contribution in [1.82, 2.24) is 0 Å². The van der Waals surface area contributed by atoms with Gasteiger partial charge in [-0.2, -0.15) is 0 Å². The Labute approximate surface area is 360 Å². The molecule has 12 rings (SSSR count). The lowest BCUT2D eigenvalue weighted by Gasteiger charge is -2.31. The van der Waals surface area contributed by atoms with Crippen LogP contribution in [-0.2, 0) is 0 Å². The van der Waals surface area contributed by atoms with Crippen LogP contribution in [0.15, 0.2) is 191 Å². The van der Waals surface area contributed by atoms with Crippen molar-refractivity contribution < 1.29 is 8.83 Å². The molecule has 0 aliphatic rings. The number of nitrogens with zero attached hydrogens (tertiary/aromatic N) is 2. The normalized spacial score (nSPS) is 12.2. The second kappa shape index (κ2) is 14.0. The zero-order chi connectivity index (χ0) is 41.6. The highest BCUT2D eigenvalue weighted by Crippen LogP contribution is 2.52. The van der Waals surface area contributed by atoms with Crippen molar-refractivity contribution in [3.05, 3.63) is 193 Å². The smallest absolute Gasteiger partial charge is 0.159 e. The van der Waals surface area contributed by atoms with E-state index in [1.807, 2.05) is 0 Å². The Balaban J connectivity index is 1.16. The largest absolute Gasteiger partial charge is 0.454 e. The van der Waals surface area contributed by atoms with E-state index in [4.69, 9.17) is 8.83 Å². The molecule has 62 heavy (non-hydrogen) atoms. The molecule has 0 saturated carbocycles. The average Bonchev–Trinajstić information content (AvgIpc) is 3.89. The number of para-hydroxylation sites is 4. The van der Waals surface area contributed by atoms with Gasteiger partial charge in [-0.05, 0) is 93.0 Å². The van der Waals surface area contributed by atoms with Gasteiger partial charge in [0.1, 0.15) is 11.2 Å². The van der Waals surface area contributed by atoms with Gasteiger partial charge in [0.05, 0.1) is 22.7 Å². The first-order chi connectivity index (χ1) is 30.4. The second-order valence-corrected chi connectivity index (χ2v) is 17.2.